The molecule has 0 bridgehead atoms. The summed E-state index contributed by atoms with van der Waals surface area (Å²) in [6.45, 7) is 44.8. The van der Waals surface area contributed by atoms with Crippen molar-refractivity contribution in [1.29, 1.82) is 0 Å². The molecule has 18 aromatic rings. The summed E-state index contributed by atoms with van der Waals surface area (Å²) in [7, 11) is 0. The molecule has 5 heterocycles. The van der Waals surface area contributed by atoms with Crippen LogP contribution in [0.25, 0.3) is 111 Å². The maximum Gasteiger partial charge on any atom is 0.252 e. The smallest absolute Gasteiger partial charge is 0.252 e. The Hall–Kier alpha value is -13.4. The normalized spacial score (nSPS) is 14.3. The molecule has 6 heteroatoms. The second-order valence-corrected chi connectivity index (χ2v) is 43.1. The highest BCUT2D eigenvalue weighted by Crippen LogP contribution is 2.59. The third-order valence-corrected chi connectivity index (χ3v) is 27.8. The lowest BCUT2D eigenvalue weighted by molar-refractivity contribution is 0.590. The molecule has 16 aromatic carbocycles. The van der Waals surface area contributed by atoms with Crippen LogP contribution in [0.15, 0.2) is 340 Å². The Morgan fingerprint density at radius 1 is 0.240 bits per heavy atom. The van der Waals surface area contributed by atoms with Crippen LogP contribution in [0.5, 0.6) is 0 Å². The van der Waals surface area contributed by atoms with Crippen LogP contribution in [0, 0.1) is 0 Å². The van der Waals surface area contributed by atoms with E-state index >= 15 is 0 Å². The van der Waals surface area contributed by atoms with E-state index in [-0.39, 0.29) is 45.8 Å². The van der Waals surface area contributed by atoms with E-state index in [2.05, 4.69) is 478 Å². The van der Waals surface area contributed by atoms with Gasteiger partial charge in [-0.15, -0.1) is 0 Å². The van der Waals surface area contributed by atoms with Gasteiger partial charge < -0.3 is 23.8 Å². The Bertz CT molecular complexity index is 7160. The zero-order chi connectivity index (χ0) is 93.1. The summed E-state index contributed by atoms with van der Waals surface area (Å²) in [5.74, 6) is 0. The predicted octanol–water partition coefficient (Wildman–Crippen LogP) is 32.2. The van der Waals surface area contributed by atoms with Crippen LogP contribution in [0.1, 0.15) is 188 Å². The van der Waals surface area contributed by atoms with Crippen molar-refractivity contribution >= 4 is 118 Å². The van der Waals surface area contributed by atoms with Crippen LogP contribution in [0.3, 0.4) is 0 Å². The number of hydrogen-bond donors (Lipinski definition) is 0. The van der Waals surface area contributed by atoms with Crippen LogP contribution in [0.4, 0.5) is 51.2 Å². The number of aromatic nitrogens is 2. The van der Waals surface area contributed by atoms with Crippen LogP contribution >= 0.6 is 0 Å². The number of benzene rings is 16. The van der Waals surface area contributed by atoms with Crippen molar-refractivity contribution in [2.24, 2.45) is 0 Å². The van der Waals surface area contributed by atoms with Gasteiger partial charge in [-0.3, -0.25) is 0 Å². The zero-order valence-corrected chi connectivity index (χ0v) is 78.3. The second-order valence-electron chi connectivity index (χ2n) is 43.1. The molecule has 2 aromatic heterocycles. The molecule has 0 N–H and O–H groups in total. The quantitative estimate of drug-likeness (QED) is 0.127. The lowest BCUT2D eigenvalue weighted by Gasteiger charge is -2.46. The molecule has 3 aliphatic rings. The zero-order valence-electron chi connectivity index (χ0n) is 82.3. The topological polar surface area (TPSA) is 19.6 Å². The fourth-order valence-corrected chi connectivity index (χ4v) is 20.6. The standard InChI is InChI=1S/C123H116BN5/c1-117(2,3)83-51-60-104-96(67-83)97-68-84(118(4,5)6)52-61-105(97)126(104)90-55-57-102-110(75-90)128(115-92(77-38-26-21-27-39-77)71-87(121(13,14)15)72-93(115)78-40-28-22-29-41-78)112-65-82(81-50-59-109-101(64-81)123(19,20)100-48-36-37-49-108(100)125(109)89-46-34-25-35-47-89)66-113-114(112)124(102)103-58-56-91(127-106-62-53-85(119(7,8)9)69-98(106)99-70-86(120(10,11)12)54-63-107(99)127)76-111(103)129(113)116-94(79-42-30-23-31-43-79)73-88(122(16,17)18)74-95(116)80-44-32-24-33-45-80/h21-76H,1-20H3/i71D,72D,73D,74D. The highest BCUT2D eigenvalue weighted by atomic mass is 15.2. The summed E-state index contributed by atoms with van der Waals surface area (Å²) in [4.78, 5) is 7.47. The van der Waals surface area contributed by atoms with Gasteiger partial charge in [-0.05, 0) is 266 Å². The van der Waals surface area contributed by atoms with E-state index < -0.39 is 23.0 Å². The largest absolute Gasteiger partial charge is 0.310 e. The SMILES string of the molecule is [2H]c1c(-c2ccccc2)c(N2c3cc(-n4c5ccc(C(C)(C)C)cc5c5cc(C(C)(C)C)ccc54)ccc3B3c4ccc(-n5c6ccc(C(C)(C)C)cc6c6cc(C(C)(C)C)ccc65)cc4N(c4c(-c5ccccc5)c([2H])c(C(C)(C)C)c([2H])c4-c4ccccc4)c4cc(-c5ccc6c(c5)C(C)(C)c5ccccc5N6c5ccccc5)cc2c43)c(-c2ccccc2)c([2H])c1C(C)(C)C. The van der Waals surface area contributed by atoms with E-state index in [1.807, 2.05) is 0 Å². The second kappa shape index (κ2) is 29.8. The monoisotopic (exact) mass is 1680 g/mol. The van der Waals surface area contributed by atoms with Crippen molar-refractivity contribution in [2.75, 3.05) is 14.7 Å². The summed E-state index contributed by atoms with van der Waals surface area (Å²) in [5.41, 5.74) is 31.8. The number of para-hydroxylation sites is 2. The molecule has 0 fully saturated rings. The highest BCUT2D eigenvalue weighted by Gasteiger charge is 2.48. The first-order valence-corrected chi connectivity index (χ1v) is 46.2. The summed E-state index contributed by atoms with van der Waals surface area (Å²) >= 11 is 0. The summed E-state index contributed by atoms with van der Waals surface area (Å²) in [5, 5.41) is 4.71. The summed E-state index contributed by atoms with van der Waals surface area (Å²) in [6.07, 6.45) is 0. The van der Waals surface area contributed by atoms with E-state index in [9.17, 15) is 5.48 Å². The number of hydrogen-bond acceptors (Lipinski definition) is 3. The average Bonchev–Trinajstić information content (AvgIpc) is 0.740. The van der Waals surface area contributed by atoms with Gasteiger partial charge in [-0.25, -0.2) is 0 Å². The molecule has 0 saturated carbocycles. The van der Waals surface area contributed by atoms with E-state index in [1.54, 1.807) is 0 Å². The minimum Gasteiger partial charge on any atom is -0.310 e. The van der Waals surface area contributed by atoms with Gasteiger partial charge in [-0.1, -0.05) is 339 Å². The molecule has 21 rings (SSSR count). The number of fused-ring (bicyclic) bond motifs is 12. The van der Waals surface area contributed by atoms with Crippen molar-refractivity contribution in [3.8, 4) is 67.0 Å². The molecule has 0 amide bonds. The number of nitrogens with zero attached hydrogens (tertiary/aromatic N) is 5. The Labute approximate surface area is 769 Å². The first-order chi connectivity index (χ1) is 63.2. The lowest BCUT2D eigenvalue weighted by Crippen LogP contribution is -2.61. The van der Waals surface area contributed by atoms with Crippen molar-refractivity contribution in [2.45, 2.75) is 176 Å². The fourth-order valence-electron chi connectivity index (χ4n) is 20.6. The Kier molecular flexibility index (Phi) is 18.0. The number of rotatable bonds is 10. The van der Waals surface area contributed by atoms with Gasteiger partial charge >= 0.3 is 0 Å². The minimum atomic E-state index is -0.681. The van der Waals surface area contributed by atoms with Gasteiger partial charge in [0.05, 0.1) is 50.3 Å². The molecule has 129 heavy (non-hydrogen) atoms. The van der Waals surface area contributed by atoms with Gasteiger partial charge in [-0.2, -0.15) is 0 Å². The van der Waals surface area contributed by atoms with E-state index in [0.29, 0.717) is 44.8 Å². The van der Waals surface area contributed by atoms with E-state index in [0.717, 1.165) is 129 Å². The van der Waals surface area contributed by atoms with Gasteiger partial charge in [0.15, 0.2) is 0 Å². The molecule has 0 saturated heterocycles. The maximum absolute atomic E-state index is 11.4. The first-order valence-electron chi connectivity index (χ1n) is 48.2. The summed E-state index contributed by atoms with van der Waals surface area (Å²) in [6, 6.07) is 118. The first kappa shape index (κ1) is 77.9. The molecular formula is C123H116BN5. The van der Waals surface area contributed by atoms with E-state index in [4.69, 9.17) is 0 Å². The van der Waals surface area contributed by atoms with E-state index in [1.165, 1.54) is 49.4 Å². The van der Waals surface area contributed by atoms with Gasteiger partial charge in [0.1, 0.15) is 0 Å². The van der Waals surface area contributed by atoms with Crippen LogP contribution in [-0.4, -0.2) is 15.8 Å². The van der Waals surface area contributed by atoms with Crippen LogP contribution < -0.4 is 31.1 Å². The Morgan fingerprint density at radius 2 is 0.558 bits per heavy atom. The Morgan fingerprint density at radius 3 is 0.899 bits per heavy atom. The van der Waals surface area contributed by atoms with Crippen LogP contribution in [0.2, 0.25) is 0 Å². The molecule has 0 radical (unpaired) electrons. The maximum atomic E-state index is 11.4. The van der Waals surface area contributed by atoms with Crippen molar-refractivity contribution in [3.63, 3.8) is 0 Å². The average molecular weight is 1680 g/mol. The van der Waals surface area contributed by atoms with Crippen molar-refractivity contribution in [3.05, 3.63) is 384 Å². The number of anilines is 9. The third kappa shape index (κ3) is 13.8. The molecule has 0 spiro atoms. The van der Waals surface area contributed by atoms with Gasteiger partial charge in [0.2, 0.25) is 0 Å². The molecule has 636 valence electrons. The Balaban J connectivity index is 0.989. The van der Waals surface area contributed by atoms with Gasteiger partial charge in [0.25, 0.3) is 6.71 Å². The van der Waals surface area contributed by atoms with Crippen LogP contribution in [-0.2, 0) is 37.9 Å². The molecule has 0 atom stereocenters. The van der Waals surface area contributed by atoms with Gasteiger partial charge in [0, 0.05) is 89.0 Å². The fraction of sp³-hybridized carbons (Fsp3) is 0.220. The van der Waals surface area contributed by atoms with Crippen molar-refractivity contribution in [1.82, 2.24) is 9.13 Å². The molecule has 5 nitrogen and oxygen atoms in total. The predicted molar refractivity (Wildman–Crippen MR) is 555 cm³/mol. The molecule has 0 unspecified atom stereocenters. The van der Waals surface area contributed by atoms with Crippen molar-refractivity contribution < 1.29 is 5.48 Å². The molecule has 0 aliphatic carbocycles. The third-order valence-electron chi connectivity index (χ3n) is 27.8. The lowest BCUT2D eigenvalue weighted by atomic mass is 9.33. The molecule has 3 aliphatic heterocycles. The summed E-state index contributed by atoms with van der Waals surface area (Å²) < 4.78 is 50.6. The highest BCUT2D eigenvalue weighted by molar-refractivity contribution is 7.00. The minimum absolute atomic E-state index is 0.148. The molecular weight excluding hydrogens is 1560 g/mol.